The van der Waals surface area contributed by atoms with E-state index in [4.69, 9.17) is 21.1 Å². The molecule has 0 aliphatic heterocycles. The standard InChI is InChI=1S/C27H30ClN3O3S/c1-4-5-13-30(2)14-6-15-34-23-12-11-21(16-24(23)33-3)31-18-29-22-17-25(35-26(22)27(31)32)19-7-9-20(28)10-8-19/h7-12,16-18H,4-6,13-15H2,1-3H3. The highest BCUT2D eigenvalue weighted by Gasteiger charge is 2.14. The first-order chi connectivity index (χ1) is 17.0. The van der Waals surface area contributed by atoms with Crippen LogP contribution in [0.15, 0.2) is 59.7 Å². The predicted octanol–water partition coefficient (Wildman–Crippen LogP) is 6.28. The summed E-state index contributed by atoms with van der Waals surface area (Å²) in [5.74, 6) is 1.25. The maximum Gasteiger partial charge on any atom is 0.275 e. The van der Waals surface area contributed by atoms with Gasteiger partial charge in [0.05, 0.1) is 24.9 Å². The molecule has 6 nitrogen and oxygen atoms in total. The van der Waals surface area contributed by atoms with Gasteiger partial charge in [0.2, 0.25) is 0 Å². The van der Waals surface area contributed by atoms with Crippen LogP contribution in [-0.2, 0) is 0 Å². The van der Waals surface area contributed by atoms with E-state index in [9.17, 15) is 4.79 Å². The average Bonchev–Trinajstić information content (AvgIpc) is 3.31. The largest absolute Gasteiger partial charge is 0.493 e. The number of rotatable bonds is 11. The normalized spacial score (nSPS) is 11.3. The highest BCUT2D eigenvalue weighted by Crippen LogP contribution is 2.33. The van der Waals surface area contributed by atoms with Gasteiger partial charge in [-0.3, -0.25) is 9.36 Å². The van der Waals surface area contributed by atoms with E-state index < -0.39 is 0 Å². The number of benzene rings is 2. The molecule has 0 aliphatic carbocycles. The molecule has 0 saturated heterocycles. The molecule has 0 bridgehead atoms. The van der Waals surface area contributed by atoms with E-state index >= 15 is 0 Å². The van der Waals surface area contributed by atoms with Crippen LogP contribution in [0, 0.1) is 0 Å². The monoisotopic (exact) mass is 511 g/mol. The summed E-state index contributed by atoms with van der Waals surface area (Å²) in [6, 6.07) is 15.0. The summed E-state index contributed by atoms with van der Waals surface area (Å²) in [4.78, 5) is 21.1. The number of unbranched alkanes of at least 4 members (excludes halogenated alkanes) is 1. The highest BCUT2D eigenvalue weighted by atomic mass is 35.5. The van der Waals surface area contributed by atoms with Gasteiger partial charge in [-0.15, -0.1) is 11.3 Å². The maximum absolute atomic E-state index is 13.3. The maximum atomic E-state index is 13.3. The molecule has 4 rings (SSSR count). The van der Waals surface area contributed by atoms with Gasteiger partial charge < -0.3 is 14.4 Å². The van der Waals surface area contributed by atoms with E-state index in [1.54, 1.807) is 18.0 Å². The summed E-state index contributed by atoms with van der Waals surface area (Å²) < 4.78 is 13.7. The third kappa shape index (κ3) is 6.04. The summed E-state index contributed by atoms with van der Waals surface area (Å²) in [6.07, 6.45) is 4.90. The van der Waals surface area contributed by atoms with Crippen molar-refractivity contribution in [2.45, 2.75) is 26.2 Å². The number of hydrogen-bond donors (Lipinski definition) is 0. The SMILES string of the molecule is CCCCN(C)CCCOc1ccc(-n2cnc3cc(-c4ccc(Cl)cc4)sc3c2=O)cc1OC. The van der Waals surface area contributed by atoms with Crippen molar-refractivity contribution < 1.29 is 9.47 Å². The molecule has 4 aromatic rings. The molecule has 0 N–H and O–H groups in total. The van der Waals surface area contributed by atoms with Crippen LogP contribution in [0.3, 0.4) is 0 Å². The summed E-state index contributed by atoms with van der Waals surface area (Å²) in [5, 5.41) is 0.677. The Balaban J connectivity index is 1.51. The second-order valence-corrected chi connectivity index (χ2v) is 9.93. The lowest BCUT2D eigenvalue weighted by molar-refractivity contribution is 0.252. The molecule has 0 amide bonds. The van der Waals surface area contributed by atoms with Crippen molar-refractivity contribution in [3.63, 3.8) is 0 Å². The molecule has 0 saturated carbocycles. The molecule has 8 heteroatoms. The number of halogens is 1. The third-order valence-corrected chi connectivity index (χ3v) is 7.24. The van der Waals surface area contributed by atoms with Crippen molar-refractivity contribution in [2.24, 2.45) is 0 Å². The number of fused-ring (bicyclic) bond motifs is 1. The van der Waals surface area contributed by atoms with E-state index in [2.05, 4.69) is 23.9 Å². The molecular weight excluding hydrogens is 482 g/mol. The molecule has 2 aromatic carbocycles. The number of hydrogen-bond acceptors (Lipinski definition) is 6. The second kappa shape index (κ2) is 11.7. The Hall–Kier alpha value is -2.87. The Morgan fingerprint density at radius 1 is 1.06 bits per heavy atom. The first-order valence-corrected chi connectivity index (χ1v) is 13.0. The zero-order chi connectivity index (χ0) is 24.8. The molecule has 0 atom stereocenters. The Bertz CT molecular complexity index is 1330. The molecule has 0 spiro atoms. The van der Waals surface area contributed by atoms with Crippen LogP contribution in [0.2, 0.25) is 5.02 Å². The van der Waals surface area contributed by atoms with E-state index in [0.29, 0.717) is 39.0 Å². The minimum absolute atomic E-state index is 0.119. The molecule has 0 radical (unpaired) electrons. The smallest absolute Gasteiger partial charge is 0.275 e. The van der Waals surface area contributed by atoms with Gasteiger partial charge >= 0.3 is 0 Å². The average molecular weight is 512 g/mol. The van der Waals surface area contributed by atoms with Crippen molar-refractivity contribution in [2.75, 3.05) is 33.9 Å². The van der Waals surface area contributed by atoms with Gasteiger partial charge in [0.25, 0.3) is 5.56 Å². The van der Waals surface area contributed by atoms with Crippen molar-refractivity contribution in [3.8, 4) is 27.6 Å². The fraction of sp³-hybridized carbons (Fsp3) is 0.333. The van der Waals surface area contributed by atoms with E-state index in [0.717, 1.165) is 30.0 Å². The van der Waals surface area contributed by atoms with Crippen molar-refractivity contribution in [1.82, 2.24) is 14.5 Å². The van der Waals surface area contributed by atoms with Crippen molar-refractivity contribution in [1.29, 1.82) is 0 Å². The predicted molar refractivity (Wildman–Crippen MR) is 145 cm³/mol. The van der Waals surface area contributed by atoms with Gasteiger partial charge in [-0.2, -0.15) is 0 Å². The number of thiophene rings is 1. The summed E-state index contributed by atoms with van der Waals surface area (Å²) in [7, 11) is 3.74. The third-order valence-electron chi connectivity index (χ3n) is 5.83. The van der Waals surface area contributed by atoms with Gasteiger partial charge in [0.1, 0.15) is 11.0 Å². The first kappa shape index (κ1) is 25.2. The summed E-state index contributed by atoms with van der Waals surface area (Å²) in [5.41, 5.74) is 2.24. The summed E-state index contributed by atoms with van der Waals surface area (Å²) >= 11 is 7.44. The molecular formula is C27H30ClN3O3S. The molecule has 0 aliphatic rings. The quantitative estimate of drug-likeness (QED) is 0.222. The van der Waals surface area contributed by atoms with Crippen LogP contribution in [0.25, 0.3) is 26.3 Å². The number of nitrogens with zero attached hydrogens (tertiary/aromatic N) is 3. The minimum atomic E-state index is -0.119. The number of aromatic nitrogens is 2. The van der Waals surface area contributed by atoms with Gasteiger partial charge in [-0.1, -0.05) is 37.1 Å². The highest BCUT2D eigenvalue weighted by molar-refractivity contribution is 7.22. The molecule has 0 unspecified atom stereocenters. The lowest BCUT2D eigenvalue weighted by Crippen LogP contribution is -2.22. The van der Waals surface area contributed by atoms with E-state index in [-0.39, 0.29) is 5.56 Å². The Kier molecular flexibility index (Phi) is 8.44. The van der Waals surface area contributed by atoms with Crippen LogP contribution in [-0.4, -0.2) is 48.3 Å². The molecule has 0 fully saturated rings. The first-order valence-electron chi connectivity index (χ1n) is 11.8. The van der Waals surface area contributed by atoms with Crippen LogP contribution < -0.4 is 15.0 Å². The number of methoxy groups -OCH3 is 1. The molecule has 2 heterocycles. The van der Waals surface area contributed by atoms with Crippen LogP contribution in [0.4, 0.5) is 0 Å². The molecule has 35 heavy (non-hydrogen) atoms. The van der Waals surface area contributed by atoms with Crippen molar-refractivity contribution >= 4 is 33.2 Å². The number of ether oxygens (including phenoxy) is 2. The topological polar surface area (TPSA) is 56.6 Å². The van der Waals surface area contributed by atoms with Gasteiger partial charge in [-0.05, 0) is 62.3 Å². The van der Waals surface area contributed by atoms with Crippen LogP contribution >= 0.6 is 22.9 Å². The molecule has 184 valence electrons. The Morgan fingerprint density at radius 3 is 2.57 bits per heavy atom. The Labute approximate surface area is 214 Å². The van der Waals surface area contributed by atoms with Gasteiger partial charge in [-0.25, -0.2) is 4.98 Å². The molecule has 2 aromatic heterocycles. The van der Waals surface area contributed by atoms with Crippen LogP contribution in [0.1, 0.15) is 26.2 Å². The minimum Gasteiger partial charge on any atom is -0.493 e. The van der Waals surface area contributed by atoms with E-state index in [1.165, 1.54) is 24.2 Å². The zero-order valence-electron chi connectivity index (χ0n) is 20.3. The summed E-state index contributed by atoms with van der Waals surface area (Å²) in [6.45, 7) is 4.89. The van der Waals surface area contributed by atoms with E-state index in [1.807, 2.05) is 48.5 Å². The van der Waals surface area contributed by atoms with Crippen molar-refractivity contribution in [3.05, 3.63) is 70.2 Å². The lowest BCUT2D eigenvalue weighted by atomic mass is 10.2. The Morgan fingerprint density at radius 2 is 1.83 bits per heavy atom. The lowest BCUT2D eigenvalue weighted by Gasteiger charge is -2.17. The fourth-order valence-electron chi connectivity index (χ4n) is 3.83. The zero-order valence-corrected chi connectivity index (χ0v) is 21.9. The van der Waals surface area contributed by atoms with Gasteiger partial charge in [0, 0.05) is 22.5 Å². The second-order valence-electron chi connectivity index (χ2n) is 8.45. The van der Waals surface area contributed by atoms with Gasteiger partial charge in [0.15, 0.2) is 11.5 Å². The van der Waals surface area contributed by atoms with Crippen LogP contribution in [0.5, 0.6) is 11.5 Å². The fourth-order valence-corrected chi connectivity index (χ4v) is 5.01.